The molecule has 1 atom stereocenters. The van der Waals surface area contributed by atoms with E-state index in [1.54, 1.807) is 31.2 Å². The molecule has 1 heterocycles. The molecule has 1 aromatic rings. The Labute approximate surface area is 147 Å². The first kappa shape index (κ1) is 17.6. The number of carbonyl (C=O) groups is 3. The van der Waals surface area contributed by atoms with Gasteiger partial charge in [-0.1, -0.05) is 19.3 Å². The summed E-state index contributed by atoms with van der Waals surface area (Å²) in [5.41, 5.74) is 0.901. The van der Waals surface area contributed by atoms with E-state index in [2.05, 4.69) is 5.32 Å². The Morgan fingerprint density at radius 2 is 1.84 bits per heavy atom. The lowest BCUT2D eigenvalue weighted by Crippen LogP contribution is -2.44. The summed E-state index contributed by atoms with van der Waals surface area (Å²) >= 11 is 0. The zero-order chi connectivity index (χ0) is 17.8. The Balaban J connectivity index is 1.68. The van der Waals surface area contributed by atoms with Crippen molar-refractivity contribution < 1.29 is 19.1 Å². The predicted octanol–water partition coefficient (Wildman–Crippen LogP) is 2.42. The highest BCUT2D eigenvalue weighted by Gasteiger charge is 2.40. The summed E-state index contributed by atoms with van der Waals surface area (Å²) in [5.74, 6) is -0.827. The van der Waals surface area contributed by atoms with Gasteiger partial charge in [-0.2, -0.15) is 0 Å². The third kappa shape index (κ3) is 3.90. The molecular weight excluding hydrogens is 320 g/mol. The number of nitrogens with zero attached hydrogens (tertiary/aromatic N) is 1. The summed E-state index contributed by atoms with van der Waals surface area (Å²) in [5, 5.41) is 3.36. The van der Waals surface area contributed by atoms with E-state index in [0.29, 0.717) is 23.9 Å². The van der Waals surface area contributed by atoms with Crippen LogP contribution in [0, 0.1) is 0 Å². The van der Waals surface area contributed by atoms with E-state index in [4.69, 9.17) is 4.74 Å². The normalized spacial score (nSPS) is 21.6. The number of esters is 1. The highest BCUT2D eigenvalue weighted by atomic mass is 16.5. The van der Waals surface area contributed by atoms with Gasteiger partial charge in [0.15, 0.2) is 0 Å². The van der Waals surface area contributed by atoms with E-state index in [0.717, 1.165) is 12.8 Å². The largest absolute Gasteiger partial charge is 0.462 e. The first-order valence-electron chi connectivity index (χ1n) is 9.00. The van der Waals surface area contributed by atoms with E-state index in [1.807, 2.05) is 0 Å². The average molecular weight is 344 g/mol. The molecule has 1 saturated carbocycles. The predicted molar refractivity (Wildman–Crippen MR) is 93.3 cm³/mol. The average Bonchev–Trinajstić information content (AvgIpc) is 2.90. The highest BCUT2D eigenvalue weighted by Crippen LogP contribution is 2.25. The molecule has 2 fully saturated rings. The molecule has 3 rings (SSSR count). The van der Waals surface area contributed by atoms with Crippen LogP contribution in [0.5, 0.6) is 0 Å². The third-order valence-electron chi connectivity index (χ3n) is 4.83. The third-order valence-corrected chi connectivity index (χ3v) is 4.83. The number of hydrogen-bond donors (Lipinski definition) is 1. The maximum atomic E-state index is 12.7. The van der Waals surface area contributed by atoms with Crippen molar-refractivity contribution in [1.82, 2.24) is 5.32 Å². The maximum absolute atomic E-state index is 12.7. The quantitative estimate of drug-likeness (QED) is 0.656. The fraction of sp³-hybridized carbons (Fsp3) is 0.526. The van der Waals surface area contributed by atoms with Gasteiger partial charge < -0.3 is 10.1 Å². The Hall–Kier alpha value is -2.21. The number of benzene rings is 1. The van der Waals surface area contributed by atoms with Crippen LogP contribution in [0.2, 0.25) is 0 Å². The molecule has 1 aromatic carbocycles. The fourth-order valence-corrected chi connectivity index (χ4v) is 3.55. The van der Waals surface area contributed by atoms with E-state index in [1.165, 1.54) is 24.2 Å². The smallest absolute Gasteiger partial charge is 0.338 e. The van der Waals surface area contributed by atoms with Crippen molar-refractivity contribution in [3.63, 3.8) is 0 Å². The minimum Gasteiger partial charge on any atom is -0.462 e. The molecule has 6 nitrogen and oxygen atoms in total. The molecule has 1 aliphatic heterocycles. The van der Waals surface area contributed by atoms with Crippen LogP contribution >= 0.6 is 0 Å². The van der Waals surface area contributed by atoms with E-state index >= 15 is 0 Å². The van der Waals surface area contributed by atoms with Crippen LogP contribution < -0.4 is 10.2 Å². The summed E-state index contributed by atoms with van der Waals surface area (Å²) in [6.45, 7) is 2.05. The van der Waals surface area contributed by atoms with Crippen molar-refractivity contribution in [1.29, 1.82) is 0 Å². The van der Waals surface area contributed by atoms with Crippen LogP contribution in [0.25, 0.3) is 0 Å². The Morgan fingerprint density at radius 3 is 2.48 bits per heavy atom. The summed E-state index contributed by atoms with van der Waals surface area (Å²) in [4.78, 5) is 37.9. The molecule has 1 aliphatic carbocycles. The van der Waals surface area contributed by atoms with Gasteiger partial charge in [0.2, 0.25) is 5.91 Å². The first-order valence-corrected chi connectivity index (χ1v) is 9.00. The molecule has 0 radical (unpaired) electrons. The summed E-state index contributed by atoms with van der Waals surface area (Å²) in [6.07, 6.45) is 5.90. The maximum Gasteiger partial charge on any atom is 0.338 e. The van der Waals surface area contributed by atoms with Crippen molar-refractivity contribution in [2.45, 2.75) is 57.5 Å². The second kappa shape index (κ2) is 7.78. The standard InChI is InChI=1S/C19H24N2O4/c1-2-25-19(24)13-8-10-15(11-9-13)21-17(22)12-16(18(21)23)20-14-6-4-3-5-7-14/h8-11,14,16,20H,2-7,12H2,1H3/t16-/m0/s1. The monoisotopic (exact) mass is 344 g/mol. The molecule has 2 amide bonds. The van der Waals surface area contributed by atoms with E-state index < -0.39 is 12.0 Å². The summed E-state index contributed by atoms with van der Waals surface area (Å²) in [7, 11) is 0. The molecule has 6 heteroatoms. The molecule has 0 aromatic heterocycles. The topological polar surface area (TPSA) is 75.7 Å². The van der Waals surface area contributed by atoms with Crippen LogP contribution in [-0.4, -0.2) is 36.5 Å². The van der Waals surface area contributed by atoms with Crippen molar-refractivity contribution in [3.05, 3.63) is 29.8 Å². The van der Waals surface area contributed by atoms with Crippen LogP contribution in [0.15, 0.2) is 24.3 Å². The Morgan fingerprint density at radius 1 is 1.16 bits per heavy atom. The first-order chi connectivity index (χ1) is 12.1. The van der Waals surface area contributed by atoms with Crippen LogP contribution in [0.3, 0.4) is 0 Å². The van der Waals surface area contributed by atoms with Gasteiger partial charge in [-0.3, -0.25) is 9.59 Å². The molecular formula is C19H24N2O4. The van der Waals surface area contributed by atoms with Crippen LogP contribution in [0.4, 0.5) is 5.69 Å². The number of carbonyl (C=O) groups excluding carboxylic acids is 3. The zero-order valence-corrected chi connectivity index (χ0v) is 14.5. The minimum absolute atomic E-state index is 0.189. The van der Waals surface area contributed by atoms with Crippen molar-refractivity contribution >= 4 is 23.5 Å². The minimum atomic E-state index is -0.444. The lowest BCUT2D eigenvalue weighted by Gasteiger charge is -2.25. The van der Waals surface area contributed by atoms with Gasteiger partial charge in [0.1, 0.15) is 0 Å². The molecule has 1 N–H and O–H groups in total. The molecule has 134 valence electrons. The van der Waals surface area contributed by atoms with Crippen molar-refractivity contribution in [2.24, 2.45) is 0 Å². The lowest BCUT2D eigenvalue weighted by atomic mass is 9.95. The van der Waals surface area contributed by atoms with Crippen molar-refractivity contribution in [3.8, 4) is 0 Å². The van der Waals surface area contributed by atoms with Crippen molar-refractivity contribution in [2.75, 3.05) is 11.5 Å². The number of nitrogens with one attached hydrogen (secondary N) is 1. The SMILES string of the molecule is CCOC(=O)c1ccc(N2C(=O)C[C@H](NC3CCCCC3)C2=O)cc1. The van der Waals surface area contributed by atoms with E-state index in [-0.39, 0.29) is 18.2 Å². The van der Waals surface area contributed by atoms with Gasteiger partial charge in [0.25, 0.3) is 5.91 Å². The van der Waals surface area contributed by atoms with Gasteiger partial charge in [0.05, 0.1) is 30.3 Å². The Kier molecular flexibility index (Phi) is 5.48. The van der Waals surface area contributed by atoms with Gasteiger partial charge >= 0.3 is 5.97 Å². The molecule has 0 bridgehead atoms. The van der Waals surface area contributed by atoms with Gasteiger partial charge in [-0.25, -0.2) is 9.69 Å². The number of amides is 2. The van der Waals surface area contributed by atoms with E-state index in [9.17, 15) is 14.4 Å². The number of anilines is 1. The number of hydrogen-bond acceptors (Lipinski definition) is 5. The highest BCUT2D eigenvalue weighted by molar-refractivity contribution is 6.22. The second-order valence-electron chi connectivity index (χ2n) is 6.59. The summed E-state index contributed by atoms with van der Waals surface area (Å²) < 4.78 is 4.94. The van der Waals surface area contributed by atoms with Gasteiger partial charge in [-0.05, 0) is 44.0 Å². The van der Waals surface area contributed by atoms with Crippen LogP contribution in [0.1, 0.15) is 55.8 Å². The number of imide groups is 1. The lowest BCUT2D eigenvalue weighted by molar-refractivity contribution is -0.121. The molecule has 0 spiro atoms. The summed E-state index contributed by atoms with van der Waals surface area (Å²) in [6, 6.07) is 6.27. The molecule has 0 unspecified atom stereocenters. The molecule has 25 heavy (non-hydrogen) atoms. The fourth-order valence-electron chi connectivity index (χ4n) is 3.55. The number of ether oxygens (including phenoxy) is 1. The number of rotatable bonds is 5. The zero-order valence-electron chi connectivity index (χ0n) is 14.5. The molecule has 2 aliphatic rings. The molecule has 1 saturated heterocycles. The Bertz CT molecular complexity index is 650. The second-order valence-corrected chi connectivity index (χ2v) is 6.59. The van der Waals surface area contributed by atoms with Gasteiger partial charge in [0, 0.05) is 6.04 Å². The van der Waals surface area contributed by atoms with Crippen LogP contribution in [-0.2, 0) is 14.3 Å². The van der Waals surface area contributed by atoms with Gasteiger partial charge in [-0.15, -0.1) is 0 Å².